The van der Waals surface area contributed by atoms with Crippen LogP contribution in [0.2, 0.25) is 0 Å². The Morgan fingerprint density at radius 1 is 1.21 bits per heavy atom. The predicted molar refractivity (Wildman–Crippen MR) is 77.2 cm³/mol. The van der Waals surface area contributed by atoms with Crippen LogP contribution in [0, 0.1) is 5.41 Å². The van der Waals surface area contributed by atoms with Crippen molar-refractivity contribution in [1.82, 2.24) is 0 Å². The number of amides is 1. The van der Waals surface area contributed by atoms with Crippen molar-refractivity contribution >= 4 is 17.3 Å². The molecule has 1 aromatic carbocycles. The van der Waals surface area contributed by atoms with Crippen LogP contribution in [-0.4, -0.2) is 25.5 Å². The number of anilines is 2. The molecule has 19 heavy (non-hydrogen) atoms. The highest BCUT2D eigenvalue weighted by Crippen LogP contribution is 2.45. The summed E-state index contributed by atoms with van der Waals surface area (Å²) in [6.45, 7) is 2.73. The van der Waals surface area contributed by atoms with Gasteiger partial charge in [0.25, 0.3) is 0 Å². The lowest BCUT2D eigenvalue weighted by Crippen LogP contribution is -2.30. The molecule has 1 saturated heterocycles. The molecular weight excluding hydrogens is 238 g/mol. The lowest BCUT2D eigenvalue weighted by Gasteiger charge is -2.18. The summed E-state index contributed by atoms with van der Waals surface area (Å²) >= 11 is 0. The zero-order valence-corrected chi connectivity index (χ0v) is 11.2. The molecule has 4 heteroatoms. The molecule has 2 aliphatic rings. The van der Waals surface area contributed by atoms with Gasteiger partial charge >= 0.3 is 0 Å². The van der Waals surface area contributed by atoms with Gasteiger partial charge in [-0.2, -0.15) is 0 Å². The Balaban J connectivity index is 1.64. The van der Waals surface area contributed by atoms with E-state index in [4.69, 9.17) is 5.73 Å². The van der Waals surface area contributed by atoms with Crippen LogP contribution in [-0.2, 0) is 4.79 Å². The number of benzene rings is 1. The van der Waals surface area contributed by atoms with Gasteiger partial charge in [0.1, 0.15) is 0 Å². The number of carbonyl (C=O) groups is 1. The molecule has 0 unspecified atom stereocenters. The lowest BCUT2D eigenvalue weighted by atomic mass is 10.1. The van der Waals surface area contributed by atoms with E-state index < -0.39 is 0 Å². The second-order valence-electron chi connectivity index (χ2n) is 5.68. The largest absolute Gasteiger partial charge is 0.372 e. The van der Waals surface area contributed by atoms with Crippen LogP contribution in [0.5, 0.6) is 0 Å². The van der Waals surface area contributed by atoms with Crippen LogP contribution in [0.15, 0.2) is 24.3 Å². The van der Waals surface area contributed by atoms with E-state index >= 15 is 0 Å². The molecule has 3 N–H and O–H groups in total. The average Bonchev–Trinajstić information content (AvgIpc) is 3.06. The van der Waals surface area contributed by atoms with Crippen molar-refractivity contribution in [2.45, 2.75) is 25.7 Å². The maximum absolute atomic E-state index is 12.1. The highest BCUT2D eigenvalue weighted by atomic mass is 16.2. The molecular formula is C15H21N3O. The average molecular weight is 259 g/mol. The van der Waals surface area contributed by atoms with Crippen LogP contribution in [0.1, 0.15) is 25.7 Å². The monoisotopic (exact) mass is 259 g/mol. The van der Waals surface area contributed by atoms with Gasteiger partial charge in [-0.15, -0.1) is 0 Å². The minimum Gasteiger partial charge on any atom is -0.372 e. The minimum absolute atomic E-state index is 0.0731. The van der Waals surface area contributed by atoms with E-state index in [1.165, 1.54) is 18.5 Å². The van der Waals surface area contributed by atoms with E-state index in [2.05, 4.69) is 22.3 Å². The van der Waals surface area contributed by atoms with E-state index in [9.17, 15) is 4.79 Å². The van der Waals surface area contributed by atoms with E-state index in [1.807, 2.05) is 12.1 Å². The third-order valence-electron chi connectivity index (χ3n) is 4.32. The van der Waals surface area contributed by atoms with Crippen LogP contribution in [0.4, 0.5) is 11.4 Å². The first-order valence-corrected chi connectivity index (χ1v) is 7.10. The number of nitrogens with zero attached hydrogens (tertiary/aromatic N) is 1. The second kappa shape index (κ2) is 4.85. The third-order valence-corrected chi connectivity index (χ3v) is 4.32. The quantitative estimate of drug-likeness (QED) is 0.869. The highest BCUT2D eigenvalue weighted by molar-refractivity contribution is 5.97. The fourth-order valence-electron chi connectivity index (χ4n) is 2.67. The van der Waals surface area contributed by atoms with Crippen molar-refractivity contribution in [2.75, 3.05) is 29.9 Å². The highest BCUT2D eigenvalue weighted by Gasteiger charge is 2.48. The number of hydrogen-bond donors (Lipinski definition) is 2. The predicted octanol–water partition coefficient (Wildman–Crippen LogP) is 1.96. The van der Waals surface area contributed by atoms with Gasteiger partial charge in [-0.25, -0.2) is 0 Å². The Hall–Kier alpha value is -1.55. The maximum atomic E-state index is 12.1. The smallest absolute Gasteiger partial charge is 0.231 e. The molecule has 1 aliphatic carbocycles. The number of rotatable bonds is 4. The van der Waals surface area contributed by atoms with Crippen LogP contribution >= 0.6 is 0 Å². The number of nitrogens with one attached hydrogen (secondary N) is 1. The molecule has 2 fully saturated rings. The molecule has 0 atom stereocenters. The summed E-state index contributed by atoms with van der Waals surface area (Å²) in [5, 5.41) is 2.98. The van der Waals surface area contributed by atoms with Crippen LogP contribution in [0.25, 0.3) is 0 Å². The number of nitrogens with two attached hydrogens (primary N) is 1. The van der Waals surface area contributed by atoms with Crippen molar-refractivity contribution in [3.63, 3.8) is 0 Å². The summed E-state index contributed by atoms with van der Waals surface area (Å²) in [4.78, 5) is 14.5. The fraction of sp³-hybridized carbons (Fsp3) is 0.533. The zero-order chi connectivity index (χ0) is 13.3. The van der Waals surface area contributed by atoms with E-state index in [1.54, 1.807) is 0 Å². The summed E-state index contributed by atoms with van der Waals surface area (Å²) in [6, 6.07) is 8.14. The molecule has 1 heterocycles. The Morgan fingerprint density at radius 2 is 1.84 bits per heavy atom. The third kappa shape index (κ3) is 2.45. The number of carbonyl (C=O) groups excluding carboxylic acids is 1. The van der Waals surface area contributed by atoms with Gasteiger partial charge in [-0.3, -0.25) is 4.79 Å². The van der Waals surface area contributed by atoms with Gasteiger partial charge < -0.3 is 16.0 Å². The summed E-state index contributed by atoms with van der Waals surface area (Å²) in [6.07, 6.45) is 4.39. The molecule has 1 aliphatic heterocycles. The Morgan fingerprint density at radius 3 is 2.37 bits per heavy atom. The first-order chi connectivity index (χ1) is 9.23. The molecule has 0 bridgehead atoms. The van der Waals surface area contributed by atoms with Gasteiger partial charge in [-0.1, -0.05) is 0 Å². The maximum Gasteiger partial charge on any atom is 0.231 e. The van der Waals surface area contributed by atoms with Crippen molar-refractivity contribution < 1.29 is 4.79 Å². The molecule has 1 aromatic rings. The van der Waals surface area contributed by atoms with Crippen molar-refractivity contribution in [3.8, 4) is 0 Å². The Bertz CT molecular complexity index is 459. The Labute approximate surface area is 114 Å². The van der Waals surface area contributed by atoms with E-state index in [0.29, 0.717) is 6.54 Å². The van der Waals surface area contributed by atoms with E-state index in [-0.39, 0.29) is 11.3 Å². The van der Waals surface area contributed by atoms with Gasteiger partial charge in [0, 0.05) is 31.0 Å². The second-order valence-corrected chi connectivity index (χ2v) is 5.68. The van der Waals surface area contributed by atoms with Gasteiger partial charge in [0.15, 0.2) is 0 Å². The van der Waals surface area contributed by atoms with Crippen molar-refractivity contribution in [1.29, 1.82) is 0 Å². The number of hydrogen-bond acceptors (Lipinski definition) is 3. The lowest BCUT2D eigenvalue weighted by molar-refractivity contribution is -0.120. The van der Waals surface area contributed by atoms with Crippen LogP contribution < -0.4 is 16.0 Å². The fourth-order valence-corrected chi connectivity index (χ4v) is 2.67. The summed E-state index contributed by atoms with van der Waals surface area (Å²) < 4.78 is 0. The minimum atomic E-state index is -0.284. The topological polar surface area (TPSA) is 58.4 Å². The molecule has 102 valence electrons. The van der Waals surface area contributed by atoms with Gasteiger partial charge in [-0.05, 0) is 49.9 Å². The molecule has 0 aromatic heterocycles. The summed E-state index contributed by atoms with van der Waals surface area (Å²) in [5.41, 5.74) is 7.49. The Kier molecular flexibility index (Phi) is 3.19. The first kappa shape index (κ1) is 12.5. The SMILES string of the molecule is NCC1(C(=O)Nc2ccc(N3CCCC3)cc2)CC1. The van der Waals surface area contributed by atoms with E-state index in [0.717, 1.165) is 31.6 Å². The normalized spacial score (nSPS) is 20.4. The standard InChI is InChI=1S/C15H21N3O/c16-11-15(7-8-15)14(19)17-12-3-5-13(6-4-12)18-9-1-2-10-18/h3-6H,1-2,7-11,16H2,(H,17,19). The van der Waals surface area contributed by atoms with Gasteiger partial charge in [0.2, 0.25) is 5.91 Å². The van der Waals surface area contributed by atoms with Crippen LogP contribution in [0.3, 0.4) is 0 Å². The zero-order valence-electron chi connectivity index (χ0n) is 11.2. The first-order valence-electron chi connectivity index (χ1n) is 7.10. The summed E-state index contributed by atoms with van der Waals surface area (Å²) in [5.74, 6) is 0.0731. The molecule has 4 nitrogen and oxygen atoms in total. The molecule has 3 rings (SSSR count). The molecule has 0 radical (unpaired) electrons. The van der Waals surface area contributed by atoms with Crippen molar-refractivity contribution in [2.24, 2.45) is 11.1 Å². The van der Waals surface area contributed by atoms with Gasteiger partial charge in [0.05, 0.1) is 5.41 Å². The molecule has 0 spiro atoms. The molecule has 1 amide bonds. The summed E-state index contributed by atoms with van der Waals surface area (Å²) in [7, 11) is 0. The molecule has 1 saturated carbocycles. The van der Waals surface area contributed by atoms with Crippen molar-refractivity contribution in [3.05, 3.63) is 24.3 Å².